The van der Waals surface area contributed by atoms with Crippen LogP contribution < -0.4 is 0 Å². The molecule has 2 heteroatoms. The van der Waals surface area contributed by atoms with Crippen LogP contribution in [0.15, 0.2) is 104 Å². The minimum absolute atomic E-state index is 1.16. The Morgan fingerprint density at radius 3 is 2.35 bits per heavy atom. The molecular weight excluding hydrogens is 394 g/mol. The van der Waals surface area contributed by atoms with Gasteiger partial charge in [-0.1, -0.05) is 73.3 Å². The van der Waals surface area contributed by atoms with Crippen LogP contribution in [0.5, 0.6) is 0 Å². The smallest absolute Gasteiger partial charge is 0.0640 e. The minimum atomic E-state index is 1.16. The highest BCUT2D eigenvalue weighted by atomic mass is 32.1. The van der Waals surface area contributed by atoms with Gasteiger partial charge in [-0.05, 0) is 48.4 Å². The first-order chi connectivity index (χ1) is 15.3. The van der Waals surface area contributed by atoms with Crippen LogP contribution in [0.1, 0.15) is 12.5 Å². The Morgan fingerprint density at radius 2 is 1.52 bits per heavy atom. The van der Waals surface area contributed by atoms with Gasteiger partial charge in [0.05, 0.1) is 21.4 Å². The van der Waals surface area contributed by atoms with Gasteiger partial charge in [-0.25, -0.2) is 0 Å². The van der Waals surface area contributed by atoms with Crippen LogP contribution in [0.2, 0.25) is 0 Å². The van der Waals surface area contributed by atoms with Gasteiger partial charge < -0.3 is 4.57 Å². The molecule has 6 aromatic rings. The largest absolute Gasteiger partial charge is 0.308 e. The molecule has 0 aliphatic rings. The summed E-state index contributed by atoms with van der Waals surface area (Å²) < 4.78 is 5.09. The molecule has 0 fully saturated rings. The molecule has 2 aromatic heterocycles. The summed E-state index contributed by atoms with van der Waals surface area (Å²) in [5.41, 5.74) is 6.07. The van der Waals surface area contributed by atoms with E-state index in [1.807, 2.05) is 17.4 Å². The number of nitrogens with zero attached hydrogens (tertiary/aromatic N) is 1. The first-order valence-corrected chi connectivity index (χ1v) is 11.3. The van der Waals surface area contributed by atoms with E-state index in [1.165, 1.54) is 53.2 Å². The van der Waals surface area contributed by atoms with Gasteiger partial charge in [-0.15, -0.1) is 11.3 Å². The Bertz CT molecular complexity index is 1660. The van der Waals surface area contributed by atoms with E-state index in [1.54, 1.807) is 0 Å². The van der Waals surface area contributed by atoms with Crippen molar-refractivity contribution in [3.8, 4) is 5.69 Å². The molecule has 0 saturated carbocycles. The monoisotopic (exact) mass is 415 g/mol. The Kier molecular flexibility index (Phi) is 4.09. The highest BCUT2D eigenvalue weighted by molar-refractivity contribution is 7.26. The van der Waals surface area contributed by atoms with Crippen LogP contribution in [-0.2, 0) is 0 Å². The van der Waals surface area contributed by atoms with Crippen LogP contribution >= 0.6 is 11.3 Å². The third kappa shape index (κ3) is 2.62. The average molecular weight is 416 g/mol. The lowest BCUT2D eigenvalue weighted by Crippen LogP contribution is -1.94. The van der Waals surface area contributed by atoms with Crippen LogP contribution in [-0.4, -0.2) is 4.57 Å². The van der Waals surface area contributed by atoms with Gasteiger partial charge in [0, 0.05) is 26.2 Å². The van der Waals surface area contributed by atoms with E-state index >= 15 is 0 Å². The summed E-state index contributed by atoms with van der Waals surface area (Å²) in [4.78, 5) is 0. The highest BCUT2D eigenvalue weighted by Crippen LogP contribution is 2.41. The molecule has 31 heavy (non-hydrogen) atoms. The van der Waals surface area contributed by atoms with Crippen LogP contribution in [0.25, 0.3) is 53.2 Å². The highest BCUT2D eigenvalue weighted by Gasteiger charge is 2.16. The summed E-state index contributed by atoms with van der Waals surface area (Å²) >= 11 is 1.88. The molecule has 6 rings (SSSR count). The van der Waals surface area contributed by atoms with Gasteiger partial charge in [0.15, 0.2) is 0 Å². The molecule has 0 saturated heterocycles. The Labute approximate surface area is 185 Å². The average Bonchev–Trinajstić information content (AvgIpc) is 3.36. The fourth-order valence-corrected chi connectivity index (χ4v) is 5.93. The molecule has 0 spiro atoms. The quantitative estimate of drug-likeness (QED) is 0.255. The zero-order valence-electron chi connectivity index (χ0n) is 17.3. The van der Waals surface area contributed by atoms with Crippen molar-refractivity contribution in [3.63, 3.8) is 0 Å². The Hall–Kier alpha value is -3.62. The van der Waals surface area contributed by atoms with Crippen molar-refractivity contribution < 1.29 is 0 Å². The van der Waals surface area contributed by atoms with Gasteiger partial charge in [0.1, 0.15) is 0 Å². The van der Waals surface area contributed by atoms with Crippen LogP contribution in [0, 0.1) is 0 Å². The molecular formula is C29H21NS. The molecule has 0 atom stereocenters. The number of fused-ring (bicyclic) bond motifs is 6. The lowest BCUT2D eigenvalue weighted by Gasteiger charge is -2.10. The molecule has 0 amide bonds. The maximum atomic E-state index is 3.99. The molecule has 0 radical (unpaired) electrons. The van der Waals surface area contributed by atoms with E-state index < -0.39 is 0 Å². The number of rotatable bonds is 3. The predicted octanol–water partition coefficient (Wildman–Crippen LogP) is 8.74. The second kappa shape index (κ2) is 6.97. The Morgan fingerprint density at radius 1 is 0.774 bits per heavy atom. The third-order valence-corrected chi connectivity index (χ3v) is 7.37. The predicted molar refractivity (Wildman–Crippen MR) is 138 cm³/mol. The number of aromatic nitrogens is 1. The maximum Gasteiger partial charge on any atom is 0.0640 e. The maximum absolute atomic E-state index is 3.99. The SMILES string of the molecule is C=C/C(=C\C)c1ccc2c(c1)c1ccccc1n2-c1cccc2c1sc1ccccc12. The lowest BCUT2D eigenvalue weighted by molar-refractivity contribution is 1.20. The summed E-state index contributed by atoms with van der Waals surface area (Å²) in [5, 5.41) is 5.20. The normalized spacial score (nSPS) is 12.4. The van der Waals surface area contributed by atoms with E-state index in [2.05, 4.69) is 109 Å². The van der Waals surface area contributed by atoms with Gasteiger partial charge in [-0.3, -0.25) is 0 Å². The summed E-state index contributed by atoms with van der Waals surface area (Å²) in [5.74, 6) is 0. The summed E-state index contributed by atoms with van der Waals surface area (Å²) in [7, 11) is 0. The molecule has 148 valence electrons. The fraction of sp³-hybridized carbons (Fsp3) is 0.0345. The second-order valence-electron chi connectivity index (χ2n) is 7.78. The van der Waals surface area contributed by atoms with E-state index in [9.17, 15) is 0 Å². The summed E-state index contributed by atoms with van der Waals surface area (Å²) in [6.07, 6.45) is 4.05. The molecule has 0 aliphatic carbocycles. The molecule has 0 unspecified atom stereocenters. The van der Waals surface area contributed by atoms with Gasteiger partial charge >= 0.3 is 0 Å². The molecule has 0 bridgehead atoms. The van der Waals surface area contributed by atoms with Crippen molar-refractivity contribution >= 4 is 58.9 Å². The number of allylic oxidation sites excluding steroid dienone is 3. The van der Waals surface area contributed by atoms with Crippen molar-refractivity contribution in [2.45, 2.75) is 6.92 Å². The van der Waals surface area contributed by atoms with Crippen LogP contribution in [0.3, 0.4) is 0 Å². The summed E-state index contributed by atoms with van der Waals surface area (Å²) in [6.45, 7) is 6.05. The lowest BCUT2D eigenvalue weighted by atomic mass is 10.0. The molecule has 0 aliphatic heterocycles. The van der Waals surface area contributed by atoms with E-state index in [0.29, 0.717) is 0 Å². The van der Waals surface area contributed by atoms with Crippen LogP contribution in [0.4, 0.5) is 0 Å². The topological polar surface area (TPSA) is 4.93 Å². The second-order valence-corrected chi connectivity index (χ2v) is 8.84. The molecule has 2 heterocycles. The first kappa shape index (κ1) is 18.2. The Balaban J connectivity index is 1.75. The van der Waals surface area contributed by atoms with Gasteiger partial charge in [-0.2, -0.15) is 0 Å². The fourth-order valence-electron chi connectivity index (χ4n) is 4.72. The van der Waals surface area contributed by atoms with E-state index in [-0.39, 0.29) is 0 Å². The number of thiophene rings is 1. The number of hydrogen-bond donors (Lipinski definition) is 0. The zero-order valence-corrected chi connectivity index (χ0v) is 18.1. The molecule has 4 aromatic carbocycles. The van der Waals surface area contributed by atoms with E-state index in [0.717, 1.165) is 5.57 Å². The third-order valence-electron chi connectivity index (χ3n) is 6.16. The van der Waals surface area contributed by atoms with Crippen molar-refractivity contribution in [2.24, 2.45) is 0 Å². The standard InChI is InChI=1S/C29H21NS/c1-3-19(4-2)20-16-17-26-24(18-20)21-10-5-7-13-25(21)30(26)27-14-9-12-23-22-11-6-8-15-28(22)31-29(23)27/h3-18H,1H2,2H3/b19-4+. The number of benzene rings is 4. The first-order valence-electron chi connectivity index (χ1n) is 10.5. The zero-order chi connectivity index (χ0) is 20.9. The molecule has 1 nitrogen and oxygen atoms in total. The minimum Gasteiger partial charge on any atom is -0.308 e. The van der Waals surface area contributed by atoms with Crippen molar-refractivity contribution in [1.82, 2.24) is 4.57 Å². The van der Waals surface area contributed by atoms with E-state index in [4.69, 9.17) is 0 Å². The van der Waals surface area contributed by atoms with Gasteiger partial charge in [0.25, 0.3) is 0 Å². The summed E-state index contributed by atoms with van der Waals surface area (Å²) in [6, 6.07) is 30.8. The number of para-hydroxylation sites is 1. The molecule has 0 N–H and O–H groups in total. The number of hydrogen-bond acceptors (Lipinski definition) is 1. The van der Waals surface area contributed by atoms with Gasteiger partial charge in [0.2, 0.25) is 0 Å². The van der Waals surface area contributed by atoms with Crippen molar-refractivity contribution in [3.05, 3.63) is 109 Å². The van der Waals surface area contributed by atoms with Crippen molar-refractivity contribution in [1.29, 1.82) is 0 Å². The van der Waals surface area contributed by atoms with Crippen molar-refractivity contribution in [2.75, 3.05) is 0 Å².